The molecule has 43 heavy (non-hydrogen) atoms. The number of ether oxygens (including phenoxy) is 1. The molecule has 1 spiro atoms. The Balaban J connectivity index is 1.45. The molecule has 0 unspecified atom stereocenters. The van der Waals surface area contributed by atoms with Crippen LogP contribution in [-0.4, -0.2) is 41.8 Å². The molecule has 0 aromatic heterocycles. The molecule has 0 radical (unpaired) electrons. The Labute approximate surface area is 269 Å². The van der Waals surface area contributed by atoms with Crippen molar-refractivity contribution in [3.63, 3.8) is 0 Å². The van der Waals surface area contributed by atoms with E-state index in [1.54, 1.807) is 18.2 Å². The first-order valence-electron chi connectivity index (χ1n) is 14.5. The molecule has 2 N–H and O–H groups in total. The molecule has 0 saturated carbocycles. The second kappa shape index (κ2) is 11.8. The molecule has 3 heterocycles. The van der Waals surface area contributed by atoms with Gasteiger partial charge in [0.05, 0.1) is 6.04 Å². The molecule has 3 aliphatic heterocycles. The lowest BCUT2D eigenvalue weighted by Crippen LogP contribution is -2.57. The molecule has 3 atom stereocenters. The number of amides is 3. The van der Waals surface area contributed by atoms with E-state index >= 15 is 0 Å². The number of carbonyl (C=O) groups excluding carboxylic acids is 3. The molecule has 2 fully saturated rings. The second-order valence-corrected chi connectivity index (χ2v) is 13.6. The Morgan fingerprint density at radius 1 is 1.02 bits per heavy atom. The van der Waals surface area contributed by atoms with E-state index in [4.69, 9.17) is 27.9 Å². The van der Waals surface area contributed by atoms with Crippen LogP contribution in [0, 0.1) is 5.92 Å². The van der Waals surface area contributed by atoms with Crippen LogP contribution >= 0.6 is 39.1 Å². The van der Waals surface area contributed by atoms with Gasteiger partial charge in [0.2, 0.25) is 17.7 Å². The summed E-state index contributed by atoms with van der Waals surface area (Å²) >= 11 is 16.4. The Kier molecular flexibility index (Phi) is 8.22. The van der Waals surface area contributed by atoms with E-state index in [2.05, 4.69) is 26.6 Å². The maximum Gasteiger partial charge on any atom is 0.238 e. The highest BCUT2D eigenvalue weighted by molar-refractivity contribution is 9.10. The third-order valence-corrected chi connectivity index (χ3v) is 9.79. The zero-order valence-electron chi connectivity index (χ0n) is 23.8. The van der Waals surface area contributed by atoms with Gasteiger partial charge in [-0.25, -0.2) is 0 Å². The molecule has 7 nitrogen and oxygen atoms in total. The van der Waals surface area contributed by atoms with Crippen molar-refractivity contribution in [2.24, 2.45) is 5.92 Å². The van der Waals surface area contributed by atoms with Gasteiger partial charge in [0, 0.05) is 70.0 Å². The minimum absolute atomic E-state index is 0.0515. The van der Waals surface area contributed by atoms with E-state index in [0.717, 1.165) is 15.6 Å². The van der Waals surface area contributed by atoms with Gasteiger partial charge in [-0.3, -0.25) is 14.4 Å². The first-order chi connectivity index (χ1) is 20.6. The fraction of sp³-hybridized carbons (Fsp3) is 0.364. The Hall–Kier alpha value is -3.07. The lowest BCUT2D eigenvalue weighted by molar-refractivity contribution is -0.136. The first kappa shape index (κ1) is 30.0. The first-order valence-corrected chi connectivity index (χ1v) is 16.0. The van der Waals surface area contributed by atoms with Gasteiger partial charge >= 0.3 is 0 Å². The van der Waals surface area contributed by atoms with Crippen molar-refractivity contribution in [3.8, 4) is 5.75 Å². The zero-order valence-corrected chi connectivity index (χ0v) is 26.9. The second-order valence-electron chi connectivity index (χ2n) is 11.8. The number of halogens is 3. The molecule has 3 aromatic carbocycles. The Morgan fingerprint density at radius 3 is 2.49 bits per heavy atom. The average Bonchev–Trinajstić information content (AvgIpc) is 3.25. The summed E-state index contributed by atoms with van der Waals surface area (Å²) in [5.74, 6) is -0.251. The molecule has 224 valence electrons. The number of rotatable bonds is 5. The maximum atomic E-state index is 14.4. The van der Waals surface area contributed by atoms with Gasteiger partial charge in [-0.05, 0) is 53.6 Å². The van der Waals surface area contributed by atoms with Crippen LogP contribution in [-0.2, 0) is 19.8 Å². The van der Waals surface area contributed by atoms with E-state index < -0.39 is 17.4 Å². The predicted molar refractivity (Wildman–Crippen MR) is 171 cm³/mol. The highest BCUT2D eigenvalue weighted by Gasteiger charge is 2.61. The summed E-state index contributed by atoms with van der Waals surface area (Å²) in [6, 6.07) is 17.7. The van der Waals surface area contributed by atoms with Gasteiger partial charge in [-0.2, -0.15) is 0 Å². The van der Waals surface area contributed by atoms with Crippen molar-refractivity contribution in [1.29, 1.82) is 0 Å². The zero-order chi connectivity index (χ0) is 30.5. The SMILES string of the molecule is CC(C)C(=O)N1CCC(Oc2ccc(Br)cc2[C@H]2NC(=O)C[C@@H](c3cccc(Cl)c3)[C@]23C(=O)Nc2cc(Cl)ccc23)CC1. The van der Waals surface area contributed by atoms with Crippen molar-refractivity contribution in [2.75, 3.05) is 18.4 Å². The van der Waals surface area contributed by atoms with Gasteiger partial charge in [0.15, 0.2) is 0 Å². The Bertz CT molecular complexity index is 1610. The minimum Gasteiger partial charge on any atom is -0.490 e. The third-order valence-electron chi connectivity index (χ3n) is 8.83. The van der Waals surface area contributed by atoms with Crippen LogP contribution in [0.5, 0.6) is 5.75 Å². The standard InChI is InChI=1S/C33H32BrCl2N3O4/c1-18(2)31(41)39-12-10-23(11-13-39)43-28-9-6-20(34)15-24(28)30-33(25-8-7-22(36)16-27(25)37-32(33)42)26(17-29(40)38-30)19-4-3-5-21(35)14-19/h3-9,14-16,18,23,26,30H,10-13,17H2,1-2H3,(H,37,42)(H,38,40)/t26-,30+,33-/m0/s1. The predicted octanol–water partition coefficient (Wildman–Crippen LogP) is 7.02. The fourth-order valence-corrected chi connectivity index (χ4v) is 7.61. The molecule has 0 bridgehead atoms. The molecule has 6 rings (SSSR count). The van der Waals surface area contributed by atoms with Gasteiger partial charge in [-0.1, -0.05) is 71.2 Å². The number of piperidine rings is 2. The van der Waals surface area contributed by atoms with E-state index in [1.165, 1.54) is 0 Å². The number of fused-ring (bicyclic) bond motifs is 2. The largest absolute Gasteiger partial charge is 0.490 e. The average molecular weight is 685 g/mol. The molecule has 3 aliphatic rings. The number of nitrogens with one attached hydrogen (secondary N) is 2. The summed E-state index contributed by atoms with van der Waals surface area (Å²) in [5, 5.41) is 7.28. The summed E-state index contributed by atoms with van der Waals surface area (Å²) in [6.45, 7) is 5.06. The van der Waals surface area contributed by atoms with E-state index in [1.807, 2.05) is 61.2 Å². The number of hydrogen-bond acceptors (Lipinski definition) is 4. The van der Waals surface area contributed by atoms with Crippen molar-refractivity contribution < 1.29 is 19.1 Å². The van der Waals surface area contributed by atoms with Crippen LogP contribution in [0.15, 0.2) is 65.1 Å². The van der Waals surface area contributed by atoms with Crippen LogP contribution in [0.25, 0.3) is 0 Å². The van der Waals surface area contributed by atoms with Gasteiger partial charge in [0.25, 0.3) is 0 Å². The van der Waals surface area contributed by atoms with E-state index in [-0.39, 0.29) is 36.2 Å². The van der Waals surface area contributed by atoms with Crippen LogP contribution in [0.3, 0.4) is 0 Å². The lowest BCUT2D eigenvalue weighted by atomic mass is 9.59. The summed E-state index contributed by atoms with van der Waals surface area (Å²) in [5.41, 5.74) is 1.64. The van der Waals surface area contributed by atoms with Crippen molar-refractivity contribution in [2.45, 2.75) is 56.6 Å². The van der Waals surface area contributed by atoms with E-state index in [0.29, 0.717) is 53.0 Å². The third kappa shape index (κ3) is 5.42. The summed E-state index contributed by atoms with van der Waals surface area (Å²) in [6.07, 6.45) is 1.34. The van der Waals surface area contributed by atoms with Gasteiger partial charge < -0.3 is 20.3 Å². The molecule has 3 amide bonds. The van der Waals surface area contributed by atoms with Crippen LogP contribution < -0.4 is 15.4 Å². The number of likely N-dealkylation sites (tertiary alicyclic amines) is 1. The van der Waals surface area contributed by atoms with Gasteiger partial charge in [0.1, 0.15) is 17.3 Å². The molecular formula is C33H32BrCl2N3O4. The van der Waals surface area contributed by atoms with Crippen LogP contribution in [0.4, 0.5) is 5.69 Å². The number of hydrogen-bond donors (Lipinski definition) is 2. The highest BCUT2D eigenvalue weighted by Crippen LogP contribution is 2.58. The van der Waals surface area contributed by atoms with Gasteiger partial charge in [-0.15, -0.1) is 0 Å². The number of nitrogens with zero attached hydrogens (tertiary/aromatic N) is 1. The number of anilines is 1. The minimum atomic E-state index is -1.22. The summed E-state index contributed by atoms with van der Waals surface area (Å²) in [4.78, 5) is 42.3. The number of carbonyl (C=O) groups is 3. The highest BCUT2D eigenvalue weighted by atomic mass is 79.9. The lowest BCUT2D eigenvalue weighted by Gasteiger charge is -2.47. The Morgan fingerprint density at radius 2 is 1.77 bits per heavy atom. The van der Waals surface area contributed by atoms with Crippen LogP contribution in [0.1, 0.15) is 61.8 Å². The number of benzene rings is 3. The topological polar surface area (TPSA) is 87.7 Å². The van der Waals surface area contributed by atoms with Crippen LogP contribution in [0.2, 0.25) is 10.0 Å². The molecule has 0 aliphatic carbocycles. The van der Waals surface area contributed by atoms with Crippen molar-refractivity contribution >= 4 is 62.5 Å². The summed E-state index contributed by atoms with van der Waals surface area (Å²) < 4.78 is 7.43. The van der Waals surface area contributed by atoms with Crippen molar-refractivity contribution in [3.05, 3.63) is 91.9 Å². The normalized spacial score (nSPS) is 23.7. The van der Waals surface area contributed by atoms with E-state index in [9.17, 15) is 14.4 Å². The molecular weight excluding hydrogens is 653 g/mol. The molecule has 3 aromatic rings. The molecule has 10 heteroatoms. The maximum absolute atomic E-state index is 14.4. The smallest absolute Gasteiger partial charge is 0.238 e. The summed E-state index contributed by atoms with van der Waals surface area (Å²) in [7, 11) is 0. The monoisotopic (exact) mass is 683 g/mol. The molecule has 2 saturated heterocycles. The quantitative estimate of drug-likeness (QED) is 0.303. The van der Waals surface area contributed by atoms with Crippen molar-refractivity contribution in [1.82, 2.24) is 10.2 Å². The fourth-order valence-electron chi connectivity index (χ4n) is 6.86.